The van der Waals surface area contributed by atoms with Gasteiger partial charge in [0.1, 0.15) is 0 Å². The largest absolute Gasteiger partial charge is 0.490 e. The van der Waals surface area contributed by atoms with Crippen LogP contribution in [0.3, 0.4) is 0 Å². The minimum atomic E-state index is -5.08. The van der Waals surface area contributed by atoms with Crippen LogP contribution >= 0.6 is 20.3 Å². The zero-order valence-corrected chi connectivity index (χ0v) is 18.6. The van der Waals surface area contributed by atoms with Gasteiger partial charge >= 0.3 is 94.8 Å². The molecule has 9 nitrogen and oxygen atoms in total. The molecule has 1 aliphatic heterocycles. The average molecular weight is 604 g/mol. The van der Waals surface area contributed by atoms with Crippen molar-refractivity contribution in [3.05, 3.63) is 0 Å². The van der Waals surface area contributed by atoms with Crippen molar-refractivity contribution in [3.63, 3.8) is 0 Å². The maximum absolute atomic E-state index is 10.6. The van der Waals surface area contributed by atoms with E-state index < -0.39 is 46.2 Å². The number of hydrogen-bond donors (Lipinski definition) is 6. The zero-order chi connectivity index (χ0) is 27.9. The second-order valence-corrected chi connectivity index (χ2v) is 15.8. The standard InChI is InChI=1S/3C2HF3O2.C2H8N2.C2H6N.C2H4.2ClH.Co/c3*3-2(4,5)1(6)7;3-1-2-4;1-2-3;1-2;;;/h3*(H,6,7);1-4H2;1-3H2;1-2H2;2*1H;/q;;;;;;;;+2/p-2. The third-order valence-electron chi connectivity index (χ3n) is 2.01. The third-order valence-corrected chi connectivity index (χ3v) is 8.60. The van der Waals surface area contributed by atoms with E-state index in [2.05, 4.69) is 0 Å². The average Bonchev–Trinajstić information content (AvgIpc) is 3.24. The summed E-state index contributed by atoms with van der Waals surface area (Å²) in [6.45, 7) is 1.84. The van der Waals surface area contributed by atoms with E-state index in [1.54, 1.807) is 0 Å². The molecule has 206 valence electrons. The number of carboxylic acids is 3. The normalized spacial score (nSPS) is 16.6. The molecular weight excluding hydrogens is 583 g/mol. The van der Waals surface area contributed by atoms with E-state index in [1.807, 2.05) is 0 Å². The van der Waals surface area contributed by atoms with Gasteiger partial charge in [0.15, 0.2) is 0 Å². The minimum absolute atomic E-state index is 0.597. The molecule has 0 amide bonds. The van der Waals surface area contributed by atoms with Crippen LogP contribution in [-0.2, 0) is 24.2 Å². The summed E-state index contributed by atoms with van der Waals surface area (Å²) < 4.78 is 95.2. The summed E-state index contributed by atoms with van der Waals surface area (Å²) in [5.74, 6) is -8.27. The first-order valence-electron chi connectivity index (χ1n) is 7.42. The number of alkyl halides is 9. The van der Waals surface area contributed by atoms with E-state index in [4.69, 9.17) is 67.2 Å². The maximum atomic E-state index is 10.6. The van der Waals surface area contributed by atoms with Crippen molar-refractivity contribution < 1.29 is 79.0 Å². The van der Waals surface area contributed by atoms with Crippen molar-refractivity contribution in [2.24, 2.45) is 17.2 Å². The van der Waals surface area contributed by atoms with E-state index >= 15 is 0 Å². The molecule has 0 unspecified atom stereocenters. The molecule has 1 fully saturated rings. The summed E-state index contributed by atoms with van der Waals surface area (Å²) in [5.41, 5.74) is 15.1. The molecule has 1 saturated heterocycles. The van der Waals surface area contributed by atoms with Gasteiger partial charge in [0.2, 0.25) is 0 Å². The van der Waals surface area contributed by atoms with Gasteiger partial charge in [0.25, 0.3) is 0 Å². The van der Waals surface area contributed by atoms with Gasteiger partial charge in [-0.25, -0.2) is 14.4 Å². The van der Waals surface area contributed by atoms with Gasteiger partial charge in [-0.15, -0.1) is 0 Å². The fourth-order valence-electron chi connectivity index (χ4n) is 0.457. The molecule has 0 aromatic heterocycles. The van der Waals surface area contributed by atoms with E-state index in [-0.39, 0.29) is 0 Å². The predicted molar refractivity (Wildman–Crippen MR) is 94.4 cm³/mol. The molecular formula is C12H21Cl2CoF9N3O6. The fourth-order valence-corrected chi connectivity index (χ4v) is 4.96. The number of carboxylic acid groups (broad SMARTS) is 3. The van der Waals surface area contributed by atoms with Crippen LogP contribution in [0.4, 0.5) is 39.5 Å². The van der Waals surface area contributed by atoms with Crippen molar-refractivity contribution in [3.8, 4) is 0 Å². The molecule has 0 saturated carbocycles. The van der Waals surface area contributed by atoms with E-state index in [0.717, 1.165) is 16.1 Å². The Morgan fingerprint density at radius 3 is 0.848 bits per heavy atom. The monoisotopic (exact) mass is 603 g/mol. The molecule has 33 heavy (non-hydrogen) atoms. The quantitative estimate of drug-likeness (QED) is 0.263. The molecule has 0 spiro atoms. The van der Waals surface area contributed by atoms with Crippen molar-refractivity contribution >= 4 is 38.2 Å². The number of nitrogens with two attached hydrogens (primary N) is 3. The summed E-state index contributed by atoms with van der Waals surface area (Å²) in [7, 11) is 10.0. The Morgan fingerprint density at radius 1 is 0.636 bits per heavy atom. The molecule has 0 aromatic rings. The third kappa shape index (κ3) is 28.7. The first-order valence-corrected chi connectivity index (χ1v) is 12.5. The SMILES string of the molecule is NCCN.NC[CH2][Co]1([Cl])([Cl])[CH2][CH2]1.O=C(O)C(F)(F)F.O=C(O)C(F)(F)F.O=C(O)C(F)(F)F. The van der Waals surface area contributed by atoms with Crippen LogP contribution in [-0.4, -0.2) is 71.4 Å². The molecule has 1 rings (SSSR count). The van der Waals surface area contributed by atoms with Crippen molar-refractivity contribution in [1.82, 2.24) is 0 Å². The molecule has 21 heteroatoms. The topological polar surface area (TPSA) is 190 Å². The second-order valence-electron chi connectivity index (χ2n) is 4.86. The Kier molecular flexibility index (Phi) is 18.4. The number of carbonyl (C=O) groups is 3. The van der Waals surface area contributed by atoms with Gasteiger partial charge in [-0.1, -0.05) is 0 Å². The smallest absolute Gasteiger partial charge is 0.475 e. The van der Waals surface area contributed by atoms with Gasteiger partial charge < -0.3 is 26.8 Å². The Balaban J connectivity index is -0.000000162. The van der Waals surface area contributed by atoms with Crippen molar-refractivity contribution in [2.75, 3.05) is 19.6 Å². The number of rotatable bonds is 3. The number of hydrogen-bond acceptors (Lipinski definition) is 6. The van der Waals surface area contributed by atoms with Crippen LogP contribution in [0, 0.1) is 0 Å². The van der Waals surface area contributed by atoms with Gasteiger partial charge in [0, 0.05) is 13.1 Å². The predicted octanol–water partition coefficient (Wildman–Crippen LogP) is 3.01. The van der Waals surface area contributed by atoms with Gasteiger partial charge in [-0.05, 0) is 0 Å². The van der Waals surface area contributed by atoms with Crippen LogP contribution in [0.1, 0.15) is 0 Å². The Labute approximate surface area is 189 Å². The molecule has 1 aliphatic rings. The summed E-state index contributed by atoms with van der Waals surface area (Å²) in [5, 5.41) is 24.3. The molecule has 1 heterocycles. The molecule has 0 radical (unpaired) electrons. The molecule has 0 aromatic carbocycles. The molecule has 9 N–H and O–H groups in total. The molecule has 0 bridgehead atoms. The van der Waals surface area contributed by atoms with Gasteiger partial charge in [0.05, 0.1) is 0 Å². The summed E-state index contributed by atoms with van der Waals surface area (Å²) >= 11 is 0. The van der Waals surface area contributed by atoms with Crippen LogP contribution in [0.5, 0.6) is 0 Å². The summed E-state index contributed by atoms with van der Waals surface area (Å²) in [4.78, 5) is 26.7. The van der Waals surface area contributed by atoms with Crippen LogP contribution in [0.25, 0.3) is 0 Å². The summed E-state index contributed by atoms with van der Waals surface area (Å²) in [6.07, 6.45) is -15.3. The first-order chi connectivity index (χ1) is 14.3. The van der Waals surface area contributed by atoms with E-state index in [0.29, 0.717) is 19.6 Å². The van der Waals surface area contributed by atoms with Crippen molar-refractivity contribution in [1.29, 1.82) is 0 Å². The van der Waals surface area contributed by atoms with Gasteiger partial charge in [-0.2, -0.15) is 39.5 Å². The number of aliphatic carboxylic acids is 3. The van der Waals surface area contributed by atoms with E-state index in [1.165, 1.54) is 0 Å². The minimum Gasteiger partial charge on any atom is -0.475 e. The van der Waals surface area contributed by atoms with Crippen LogP contribution in [0.2, 0.25) is 16.1 Å². The van der Waals surface area contributed by atoms with Crippen molar-refractivity contribution in [2.45, 2.75) is 34.6 Å². The zero-order valence-electron chi connectivity index (χ0n) is 16.0. The Morgan fingerprint density at radius 2 is 0.818 bits per heavy atom. The van der Waals surface area contributed by atoms with Crippen LogP contribution < -0.4 is 17.2 Å². The fraction of sp³-hybridized carbons (Fsp3) is 0.750. The van der Waals surface area contributed by atoms with Gasteiger partial charge in [-0.3, -0.25) is 0 Å². The Hall–Kier alpha value is -1.25. The molecule has 0 aliphatic carbocycles. The number of halogens is 11. The summed E-state index contributed by atoms with van der Waals surface area (Å²) in [6, 6.07) is 0. The van der Waals surface area contributed by atoms with E-state index in [9.17, 15) is 39.5 Å². The second kappa shape index (κ2) is 15.6. The maximum Gasteiger partial charge on any atom is 0.490 e. The Bertz CT molecular complexity index is 552. The molecule has 0 atom stereocenters. The first kappa shape index (κ1) is 39.0. The van der Waals surface area contributed by atoms with Crippen LogP contribution in [0.15, 0.2) is 0 Å².